The number of rotatable bonds is 5. The van der Waals surface area contributed by atoms with Crippen molar-refractivity contribution in [3.63, 3.8) is 0 Å². The molecule has 54 heavy (non-hydrogen) atoms. The summed E-state index contributed by atoms with van der Waals surface area (Å²) in [7, 11) is 0. The molecular weight excluding hydrogens is 657 g/mol. The van der Waals surface area contributed by atoms with Crippen molar-refractivity contribution in [2.75, 3.05) is 0 Å². The van der Waals surface area contributed by atoms with Crippen LogP contribution >= 0.6 is 0 Å². The van der Waals surface area contributed by atoms with Gasteiger partial charge in [-0.1, -0.05) is 127 Å². The number of nitriles is 1. The topological polar surface area (TPSA) is 62.5 Å². The first-order valence-corrected chi connectivity index (χ1v) is 19.4. The molecule has 0 atom stereocenters. The molecule has 4 saturated carbocycles. The predicted molar refractivity (Wildman–Crippen MR) is 215 cm³/mol. The van der Waals surface area contributed by atoms with Crippen molar-refractivity contribution in [3.8, 4) is 73.6 Å². The maximum absolute atomic E-state index is 10.2. The fourth-order valence-corrected chi connectivity index (χ4v) is 11.2. The molecule has 4 nitrogen and oxygen atoms in total. The van der Waals surface area contributed by atoms with Crippen LogP contribution in [0.2, 0.25) is 0 Å². The number of aromatic nitrogens is 3. The van der Waals surface area contributed by atoms with Crippen LogP contribution in [0.4, 0.5) is 0 Å². The summed E-state index contributed by atoms with van der Waals surface area (Å²) in [5, 5.41) is 10.2. The van der Waals surface area contributed by atoms with Crippen LogP contribution in [0.5, 0.6) is 0 Å². The van der Waals surface area contributed by atoms with Gasteiger partial charge in [-0.3, -0.25) is 0 Å². The zero-order chi connectivity index (χ0) is 35.8. The summed E-state index contributed by atoms with van der Waals surface area (Å²) in [4.78, 5) is 15.0. The lowest BCUT2D eigenvalue weighted by atomic mass is 9.43. The maximum atomic E-state index is 10.2. The quantitative estimate of drug-likeness (QED) is 0.180. The van der Waals surface area contributed by atoms with E-state index >= 15 is 0 Å². The van der Waals surface area contributed by atoms with E-state index in [1.54, 1.807) is 0 Å². The highest BCUT2D eigenvalue weighted by Gasteiger charge is 2.61. The van der Waals surface area contributed by atoms with E-state index in [0.717, 1.165) is 45.2 Å². The van der Waals surface area contributed by atoms with Gasteiger partial charge >= 0.3 is 0 Å². The Labute approximate surface area is 316 Å². The van der Waals surface area contributed by atoms with E-state index in [2.05, 4.69) is 103 Å². The van der Waals surface area contributed by atoms with Gasteiger partial charge in [-0.2, -0.15) is 5.26 Å². The third-order valence-corrected chi connectivity index (χ3v) is 13.2. The molecule has 1 heterocycles. The fourth-order valence-electron chi connectivity index (χ4n) is 11.2. The van der Waals surface area contributed by atoms with Crippen LogP contribution in [0.25, 0.3) is 67.5 Å². The normalized spacial score (nSPS) is 22.9. The van der Waals surface area contributed by atoms with E-state index in [-0.39, 0.29) is 5.41 Å². The zero-order valence-corrected chi connectivity index (χ0v) is 30.0. The number of hydrogen-bond acceptors (Lipinski definition) is 4. The summed E-state index contributed by atoms with van der Waals surface area (Å²) in [5.74, 6) is 4.97. The van der Waals surface area contributed by atoms with Gasteiger partial charge in [0.15, 0.2) is 17.5 Å². The number of hydrogen-bond donors (Lipinski definition) is 0. The molecule has 12 rings (SSSR count). The molecule has 6 aromatic carbocycles. The molecule has 0 saturated heterocycles. The molecule has 0 unspecified atom stereocenters. The summed E-state index contributed by atoms with van der Waals surface area (Å²) in [6.07, 6.45) is 6.68. The molecule has 0 aliphatic heterocycles. The molecule has 4 heteroatoms. The highest BCUT2D eigenvalue weighted by Crippen LogP contribution is 2.70. The SMILES string of the molecule is N#Cc1ccccc1-c1cccc2c1-c1ccc(-c3cccc(-c4nc(-c5ccccc5)nc(-c5ccccc5)n4)c3)cc1C21C2CC3CC(C2)CC1C3. The average molecular weight is 695 g/mol. The molecule has 1 spiro atoms. The highest BCUT2D eigenvalue weighted by molar-refractivity contribution is 5.95. The van der Waals surface area contributed by atoms with Gasteiger partial charge in [0.25, 0.3) is 0 Å². The Hall–Kier alpha value is -6.18. The summed E-state index contributed by atoms with van der Waals surface area (Å²) >= 11 is 0. The average Bonchev–Trinajstić information content (AvgIpc) is 3.53. The Balaban J connectivity index is 1.08. The second-order valence-electron chi connectivity index (χ2n) is 15.9. The standard InChI is InChI=1S/C50H38N4/c51-30-38-15-7-8-18-41(38)42-19-10-20-44-46(42)43-22-21-36(29-45(43)50(44)39-24-31-23-32(26-39)27-40(50)25-31)35-16-9-17-37(28-35)49-53-47(33-11-3-1-4-12-33)52-48(54-49)34-13-5-2-6-14-34/h1-22,28-29,31-32,39-40H,23-27H2. The lowest BCUT2D eigenvalue weighted by Crippen LogP contribution is -2.55. The molecule has 5 aliphatic carbocycles. The molecule has 0 radical (unpaired) electrons. The number of benzene rings is 6. The largest absolute Gasteiger partial charge is 0.208 e. The summed E-state index contributed by atoms with van der Waals surface area (Å²) < 4.78 is 0. The molecule has 5 aliphatic rings. The van der Waals surface area contributed by atoms with Crippen molar-refractivity contribution < 1.29 is 0 Å². The number of nitrogens with zero attached hydrogens (tertiary/aromatic N) is 4. The van der Waals surface area contributed by atoms with E-state index in [1.165, 1.54) is 65.5 Å². The molecule has 4 fully saturated rings. The van der Waals surface area contributed by atoms with E-state index in [4.69, 9.17) is 15.0 Å². The van der Waals surface area contributed by atoms with Gasteiger partial charge < -0.3 is 0 Å². The summed E-state index contributed by atoms with van der Waals surface area (Å²) in [6.45, 7) is 0. The van der Waals surface area contributed by atoms with Crippen molar-refractivity contribution in [2.45, 2.75) is 37.5 Å². The summed E-state index contributed by atoms with van der Waals surface area (Å²) in [6, 6.07) is 53.8. The second kappa shape index (κ2) is 12.2. The van der Waals surface area contributed by atoms with Crippen molar-refractivity contribution in [2.24, 2.45) is 23.7 Å². The first kappa shape index (κ1) is 31.4. The van der Waals surface area contributed by atoms with E-state index in [0.29, 0.717) is 29.3 Å². The van der Waals surface area contributed by atoms with Crippen LogP contribution in [0, 0.1) is 35.0 Å². The van der Waals surface area contributed by atoms with Crippen LogP contribution in [0.1, 0.15) is 48.8 Å². The van der Waals surface area contributed by atoms with Crippen LogP contribution in [0.15, 0.2) is 146 Å². The predicted octanol–water partition coefficient (Wildman–Crippen LogP) is 11.8. The fraction of sp³-hybridized carbons (Fsp3) is 0.200. The van der Waals surface area contributed by atoms with Crippen molar-refractivity contribution in [1.29, 1.82) is 5.26 Å². The minimum Gasteiger partial charge on any atom is -0.208 e. The van der Waals surface area contributed by atoms with Crippen LogP contribution in [0.3, 0.4) is 0 Å². The third kappa shape index (κ3) is 4.71. The van der Waals surface area contributed by atoms with Crippen LogP contribution < -0.4 is 0 Å². The van der Waals surface area contributed by atoms with Gasteiger partial charge in [0, 0.05) is 27.7 Å². The highest BCUT2D eigenvalue weighted by atomic mass is 15.0. The molecular formula is C50H38N4. The minimum atomic E-state index is -0.00726. The Morgan fingerprint density at radius 1 is 0.444 bits per heavy atom. The third-order valence-electron chi connectivity index (χ3n) is 13.2. The van der Waals surface area contributed by atoms with Gasteiger partial charge in [0.2, 0.25) is 0 Å². The molecule has 1 aromatic heterocycles. The number of fused-ring (bicyclic) bond motifs is 3. The Kier molecular flexibility index (Phi) is 7.07. The lowest BCUT2D eigenvalue weighted by Gasteiger charge is -2.61. The first-order chi connectivity index (χ1) is 26.7. The summed E-state index contributed by atoms with van der Waals surface area (Å²) in [5.41, 5.74) is 13.9. The zero-order valence-electron chi connectivity index (χ0n) is 30.0. The molecule has 0 N–H and O–H groups in total. The monoisotopic (exact) mass is 694 g/mol. The molecule has 7 aromatic rings. The van der Waals surface area contributed by atoms with Crippen LogP contribution in [-0.2, 0) is 5.41 Å². The Bertz CT molecular complexity index is 2550. The van der Waals surface area contributed by atoms with Gasteiger partial charge in [-0.15, -0.1) is 0 Å². The van der Waals surface area contributed by atoms with Crippen molar-refractivity contribution >= 4 is 0 Å². The van der Waals surface area contributed by atoms with E-state index < -0.39 is 0 Å². The second-order valence-corrected chi connectivity index (χ2v) is 15.9. The van der Waals surface area contributed by atoms with E-state index in [1.807, 2.05) is 48.5 Å². The van der Waals surface area contributed by atoms with E-state index in [9.17, 15) is 5.26 Å². The Morgan fingerprint density at radius 2 is 0.981 bits per heavy atom. The Morgan fingerprint density at radius 3 is 1.65 bits per heavy atom. The smallest absolute Gasteiger partial charge is 0.164 e. The van der Waals surface area contributed by atoms with Gasteiger partial charge in [0.1, 0.15) is 0 Å². The molecule has 4 bridgehead atoms. The lowest BCUT2D eigenvalue weighted by molar-refractivity contribution is -0.0399. The van der Waals surface area contributed by atoms with Gasteiger partial charge in [0.05, 0.1) is 11.6 Å². The minimum absolute atomic E-state index is 0.00726. The first-order valence-electron chi connectivity index (χ1n) is 19.4. The van der Waals surface area contributed by atoms with Gasteiger partial charge in [-0.05, 0) is 113 Å². The van der Waals surface area contributed by atoms with Crippen LogP contribution in [-0.4, -0.2) is 15.0 Å². The molecule has 258 valence electrons. The van der Waals surface area contributed by atoms with Gasteiger partial charge in [-0.25, -0.2) is 15.0 Å². The van der Waals surface area contributed by atoms with Crippen molar-refractivity contribution in [1.82, 2.24) is 15.0 Å². The molecule has 0 amide bonds. The maximum Gasteiger partial charge on any atom is 0.164 e. The van der Waals surface area contributed by atoms with Crippen molar-refractivity contribution in [3.05, 3.63) is 162 Å².